The number of amides is 1. The molecule has 1 heterocycles. The zero-order valence-electron chi connectivity index (χ0n) is 15.0. The molecule has 7 heteroatoms. The summed E-state index contributed by atoms with van der Waals surface area (Å²) >= 11 is 0. The van der Waals surface area contributed by atoms with Crippen molar-refractivity contribution in [1.82, 2.24) is 10.3 Å². The van der Waals surface area contributed by atoms with Crippen molar-refractivity contribution in [2.75, 3.05) is 6.54 Å². The van der Waals surface area contributed by atoms with Crippen LogP contribution in [-0.4, -0.2) is 40.6 Å². The molecule has 1 amide bonds. The summed E-state index contributed by atoms with van der Waals surface area (Å²) in [6.45, 7) is 7.95. The summed E-state index contributed by atoms with van der Waals surface area (Å²) in [4.78, 5) is 53.5. The number of aromatic nitrogens is 1. The lowest BCUT2D eigenvalue weighted by Crippen LogP contribution is -2.52. The maximum Gasteiger partial charge on any atom is 0.325 e. The Morgan fingerprint density at radius 2 is 1.92 bits per heavy atom. The fourth-order valence-corrected chi connectivity index (χ4v) is 2.73. The number of hydrogen-bond acceptors (Lipinski definition) is 6. The smallest absolute Gasteiger partial charge is 0.325 e. The van der Waals surface area contributed by atoms with Gasteiger partial charge in [-0.05, 0) is 46.8 Å². The average Bonchev–Trinajstić information content (AvgIpc) is 2.50. The minimum atomic E-state index is -1.49. The fraction of sp³-hybridized carbons (Fsp3) is 0.500. The third kappa shape index (κ3) is 3.75. The van der Waals surface area contributed by atoms with Gasteiger partial charge in [-0.15, -0.1) is 0 Å². The van der Waals surface area contributed by atoms with Crippen LogP contribution >= 0.6 is 0 Å². The molecule has 0 saturated carbocycles. The van der Waals surface area contributed by atoms with Gasteiger partial charge >= 0.3 is 5.97 Å². The Morgan fingerprint density at radius 1 is 1.28 bits per heavy atom. The van der Waals surface area contributed by atoms with E-state index in [1.165, 1.54) is 6.20 Å². The van der Waals surface area contributed by atoms with Crippen LogP contribution in [0.3, 0.4) is 0 Å². The van der Waals surface area contributed by atoms with Crippen molar-refractivity contribution >= 4 is 23.4 Å². The van der Waals surface area contributed by atoms with E-state index in [1.807, 2.05) is 0 Å². The number of pyridine rings is 1. The van der Waals surface area contributed by atoms with Gasteiger partial charge in [0.25, 0.3) is 0 Å². The Labute approximate surface area is 146 Å². The Morgan fingerprint density at radius 3 is 2.52 bits per heavy atom. The van der Waals surface area contributed by atoms with Crippen molar-refractivity contribution in [1.29, 1.82) is 0 Å². The number of carbonyl (C=O) groups is 4. The number of ether oxygens (including phenoxy) is 1. The van der Waals surface area contributed by atoms with Crippen LogP contribution in [0.5, 0.6) is 0 Å². The molecule has 0 aromatic carbocycles. The number of fused-ring (bicyclic) bond motifs is 1. The molecule has 1 aromatic rings. The molecule has 134 valence electrons. The van der Waals surface area contributed by atoms with Crippen molar-refractivity contribution in [2.45, 2.75) is 45.6 Å². The van der Waals surface area contributed by atoms with Gasteiger partial charge in [0, 0.05) is 11.8 Å². The average molecular weight is 346 g/mol. The van der Waals surface area contributed by atoms with Crippen LogP contribution in [0.4, 0.5) is 0 Å². The molecule has 1 aliphatic carbocycles. The van der Waals surface area contributed by atoms with Crippen LogP contribution < -0.4 is 5.32 Å². The van der Waals surface area contributed by atoms with Crippen LogP contribution in [0.1, 0.15) is 50.7 Å². The highest BCUT2D eigenvalue weighted by Gasteiger charge is 2.50. The molecule has 0 fully saturated rings. The van der Waals surface area contributed by atoms with Crippen LogP contribution in [0.2, 0.25) is 0 Å². The van der Waals surface area contributed by atoms with Gasteiger partial charge in [-0.25, -0.2) is 0 Å². The maximum absolute atomic E-state index is 12.7. The van der Waals surface area contributed by atoms with Crippen LogP contribution in [0.15, 0.2) is 18.3 Å². The number of hydrogen-bond donors (Lipinski definition) is 1. The zero-order valence-corrected chi connectivity index (χ0v) is 15.0. The van der Waals surface area contributed by atoms with Gasteiger partial charge < -0.3 is 10.1 Å². The summed E-state index contributed by atoms with van der Waals surface area (Å²) in [5.41, 5.74) is -1.14. The first kappa shape index (κ1) is 18.8. The highest BCUT2D eigenvalue weighted by atomic mass is 16.6. The summed E-state index contributed by atoms with van der Waals surface area (Å²) in [5, 5.41) is 2.33. The highest BCUT2D eigenvalue weighted by Crippen LogP contribution is 2.35. The quantitative estimate of drug-likeness (QED) is 0.652. The number of esters is 1. The van der Waals surface area contributed by atoms with Crippen molar-refractivity contribution in [3.05, 3.63) is 29.6 Å². The molecule has 0 radical (unpaired) electrons. The van der Waals surface area contributed by atoms with E-state index >= 15 is 0 Å². The Hall–Kier alpha value is -2.57. The van der Waals surface area contributed by atoms with E-state index in [2.05, 4.69) is 10.3 Å². The minimum Gasteiger partial charge on any atom is -0.459 e. The lowest BCUT2D eigenvalue weighted by atomic mass is 9.69. The van der Waals surface area contributed by atoms with E-state index in [0.717, 1.165) is 0 Å². The monoisotopic (exact) mass is 346 g/mol. The van der Waals surface area contributed by atoms with Crippen LogP contribution in [-0.2, 0) is 24.5 Å². The van der Waals surface area contributed by atoms with Gasteiger partial charge in [0.2, 0.25) is 5.91 Å². The fourth-order valence-electron chi connectivity index (χ4n) is 2.73. The molecular weight excluding hydrogens is 324 g/mol. The first-order valence-corrected chi connectivity index (χ1v) is 7.99. The number of nitrogens with zero attached hydrogens (tertiary/aromatic N) is 1. The van der Waals surface area contributed by atoms with E-state index in [-0.39, 0.29) is 5.56 Å². The van der Waals surface area contributed by atoms with Gasteiger partial charge in [-0.3, -0.25) is 24.2 Å². The van der Waals surface area contributed by atoms with Gasteiger partial charge in [0.05, 0.1) is 11.1 Å². The Balaban J connectivity index is 2.19. The molecule has 1 aliphatic rings. The number of rotatable bonds is 3. The lowest BCUT2D eigenvalue weighted by Gasteiger charge is -2.33. The Kier molecular flexibility index (Phi) is 4.79. The Bertz CT molecular complexity index is 746. The topological polar surface area (TPSA) is 102 Å². The summed E-state index contributed by atoms with van der Waals surface area (Å²) in [5.74, 6) is -4.07. The number of ketones is 2. The second-order valence-electron chi connectivity index (χ2n) is 7.49. The summed E-state index contributed by atoms with van der Waals surface area (Å²) in [6.07, 6.45) is 1.50. The van der Waals surface area contributed by atoms with E-state index in [9.17, 15) is 19.2 Å². The van der Waals surface area contributed by atoms with Crippen molar-refractivity contribution < 1.29 is 23.9 Å². The van der Waals surface area contributed by atoms with Crippen LogP contribution in [0.25, 0.3) is 0 Å². The highest BCUT2D eigenvalue weighted by molar-refractivity contribution is 6.28. The first-order chi connectivity index (χ1) is 11.4. The standard InChI is InChI=1S/C18H22N2O5/c1-17(2,3)25-11(21)9-20-16(24)12-13(22)10-7-6-8-19-14(10)18(4,5)15(12)23/h6-8,12H,9H2,1-5H3,(H,20,24). The predicted octanol–water partition coefficient (Wildman–Crippen LogP) is 1.20. The summed E-state index contributed by atoms with van der Waals surface area (Å²) in [6, 6.07) is 3.13. The molecule has 0 aliphatic heterocycles. The van der Waals surface area contributed by atoms with Crippen molar-refractivity contribution in [2.24, 2.45) is 5.92 Å². The molecule has 1 aromatic heterocycles. The lowest BCUT2D eigenvalue weighted by molar-refractivity contribution is -0.155. The van der Waals surface area contributed by atoms with Crippen LogP contribution in [0, 0.1) is 5.92 Å². The molecule has 2 rings (SSSR count). The summed E-state index contributed by atoms with van der Waals surface area (Å²) < 4.78 is 5.09. The van der Waals surface area contributed by atoms with Gasteiger partial charge in [0.15, 0.2) is 17.5 Å². The molecular formula is C18H22N2O5. The molecule has 1 atom stereocenters. The molecule has 0 bridgehead atoms. The van der Waals surface area contributed by atoms with E-state index in [0.29, 0.717) is 5.69 Å². The van der Waals surface area contributed by atoms with Crippen molar-refractivity contribution in [3.8, 4) is 0 Å². The van der Waals surface area contributed by atoms with Gasteiger partial charge in [-0.1, -0.05) is 0 Å². The second kappa shape index (κ2) is 6.38. The second-order valence-corrected chi connectivity index (χ2v) is 7.49. The zero-order chi connectivity index (χ0) is 19.0. The van der Waals surface area contributed by atoms with Crippen molar-refractivity contribution in [3.63, 3.8) is 0 Å². The van der Waals surface area contributed by atoms with E-state index in [4.69, 9.17) is 4.74 Å². The maximum atomic E-state index is 12.7. The third-order valence-electron chi connectivity index (χ3n) is 3.89. The minimum absolute atomic E-state index is 0.254. The SMILES string of the molecule is CC(C)(C)OC(=O)CNC(=O)C1C(=O)c2cccnc2C(C)(C)C1=O. The third-order valence-corrected chi connectivity index (χ3v) is 3.89. The molecule has 1 N–H and O–H groups in total. The van der Waals surface area contributed by atoms with Gasteiger partial charge in [-0.2, -0.15) is 0 Å². The normalized spacial score (nSPS) is 19.2. The number of carbonyl (C=O) groups excluding carboxylic acids is 4. The number of nitrogens with one attached hydrogen (secondary N) is 1. The van der Waals surface area contributed by atoms with E-state index in [1.54, 1.807) is 46.8 Å². The molecule has 7 nitrogen and oxygen atoms in total. The summed E-state index contributed by atoms with van der Waals surface area (Å²) in [7, 11) is 0. The number of Topliss-reactive ketones (excluding diaryl/α,β-unsaturated/α-hetero) is 2. The predicted molar refractivity (Wildman–Crippen MR) is 88.9 cm³/mol. The largest absolute Gasteiger partial charge is 0.459 e. The van der Waals surface area contributed by atoms with E-state index < -0.39 is 46.9 Å². The molecule has 0 spiro atoms. The molecule has 25 heavy (non-hydrogen) atoms. The first-order valence-electron chi connectivity index (χ1n) is 7.99. The van der Waals surface area contributed by atoms with Gasteiger partial charge in [0.1, 0.15) is 12.1 Å². The molecule has 0 saturated heterocycles. The molecule has 1 unspecified atom stereocenters.